The van der Waals surface area contributed by atoms with Crippen LogP contribution in [0.3, 0.4) is 0 Å². The van der Waals surface area contributed by atoms with E-state index in [0.29, 0.717) is 5.88 Å². The summed E-state index contributed by atoms with van der Waals surface area (Å²) < 4.78 is 6.70. The van der Waals surface area contributed by atoms with Gasteiger partial charge in [0, 0.05) is 16.2 Å². The van der Waals surface area contributed by atoms with E-state index in [1.165, 1.54) is 0 Å². The third-order valence-electron chi connectivity index (χ3n) is 2.30. The number of benzene rings is 1. The second-order valence-corrected chi connectivity index (χ2v) is 4.64. The molecule has 0 aliphatic rings. The molecule has 0 aliphatic carbocycles. The number of rotatable bonds is 2. The minimum absolute atomic E-state index is 0.207. The van der Waals surface area contributed by atoms with Crippen molar-refractivity contribution in [1.82, 2.24) is 9.97 Å². The van der Waals surface area contributed by atoms with Gasteiger partial charge < -0.3 is 10.5 Å². The van der Waals surface area contributed by atoms with Crippen LogP contribution in [-0.2, 0) is 0 Å². The first-order valence-corrected chi connectivity index (χ1v) is 5.88. The van der Waals surface area contributed by atoms with Crippen LogP contribution in [0.1, 0.15) is 11.1 Å². The van der Waals surface area contributed by atoms with Gasteiger partial charge in [0.15, 0.2) is 0 Å². The Morgan fingerprint density at radius 1 is 1.24 bits per heavy atom. The third-order valence-corrected chi connectivity index (χ3v) is 2.79. The van der Waals surface area contributed by atoms with Gasteiger partial charge in [-0.05, 0) is 31.5 Å². The second-order valence-electron chi connectivity index (χ2n) is 3.73. The molecule has 0 bridgehead atoms. The topological polar surface area (TPSA) is 61.0 Å². The van der Waals surface area contributed by atoms with E-state index in [2.05, 4.69) is 25.9 Å². The highest BCUT2D eigenvalue weighted by atomic mass is 79.9. The van der Waals surface area contributed by atoms with E-state index in [9.17, 15) is 0 Å². The van der Waals surface area contributed by atoms with E-state index in [0.717, 1.165) is 21.3 Å². The molecule has 2 aromatic rings. The van der Waals surface area contributed by atoms with Crippen LogP contribution in [0.2, 0.25) is 0 Å². The second kappa shape index (κ2) is 4.71. The first-order chi connectivity index (χ1) is 8.06. The lowest BCUT2D eigenvalue weighted by molar-refractivity contribution is 0.455. The molecule has 17 heavy (non-hydrogen) atoms. The monoisotopic (exact) mass is 293 g/mol. The van der Waals surface area contributed by atoms with E-state index >= 15 is 0 Å². The standard InChI is InChI=1S/C12H12BrN3O/c1-7-3-4-9(13)5-10(7)17-11-8(2)6-15-12(14)16-11/h3-6H,1-2H3,(H2,14,15,16). The normalized spacial score (nSPS) is 10.3. The first-order valence-electron chi connectivity index (χ1n) is 5.09. The summed E-state index contributed by atoms with van der Waals surface area (Å²) in [7, 11) is 0. The van der Waals surface area contributed by atoms with E-state index < -0.39 is 0 Å². The number of nitrogens with zero attached hydrogens (tertiary/aromatic N) is 2. The maximum atomic E-state index is 5.74. The van der Waals surface area contributed by atoms with Crippen LogP contribution in [0.4, 0.5) is 5.95 Å². The van der Waals surface area contributed by atoms with E-state index in [-0.39, 0.29) is 5.95 Å². The lowest BCUT2D eigenvalue weighted by atomic mass is 10.2. The summed E-state index contributed by atoms with van der Waals surface area (Å²) in [5.74, 6) is 1.44. The van der Waals surface area contributed by atoms with Crippen LogP contribution in [0.15, 0.2) is 28.9 Å². The van der Waals surface area contributed by atoms with Crippen molar-refractivity contribution in [3.05, 3.63) is 40.0 Å². The summed E-state index contributed by atoms with van der Waals surface area (Å²) in [6, 6.07) is 5.83. The summed E-state index contributed by atoms with van der Waals surface area (Å²) in [5, 5.41) is 0. The maximum absolute atomic E-state index is 5.74. The molecule has 1 aromatic heterocycles. The molecule has 2 N–H and O–H groups in total. The van der Waals surface area contributed by atoms with Gasteiger partial charge in [0.25, 0.3) is 0 Å². The summed E-state index contributed by atoms with van der Waals surface area (Å²) >= 11 is 3.41. The summed E-state index contributed by atoms with van der Waals surface area (Å²) in [5.41, 5.74) is 7.42. The van der Waals surface area contributed by atoms with Gasteiger partial charge in [0.05, 0.1) is 0 Å². The van der Waals surface area contributed by atoms with Crippen molar-refractivity contribution in [2.45, 2.75) is 13.8 Å². The lowest BCUT2D eigenvalue weighted by Crippen LogP contribution is -1.99. The minimum atomic E-state index is 0.207. The number of halogens is 1. The van der Waals surface area contributed by atoms with Crippen molar-refractivity contribution in [1.29, 1.82) is 0 Å². The van der Waals surface area contributed by atoms with Crippen molar-refractivity contribution < 1.29 is 4.74 Å². The molecule has 2 rings (SSSR count). The molecule has 0 aliphatic heterocycles. The largest absolute Gasteiger partial charge is 0.438 e. The Kier molecular flexibility index (Phi) is 3.28. The maximum Gasteiger partial charge on any atom is 0.226 e. The zero-order valence-electron chi connectivity index (χ0n) is 9.57. The number of aromatic nitrogens is 2. The molecule has 0 saturated heterocycles. The molecule has 0 unspecified atom stereocenters. The zero-order valence-corrected chi connectivity index (χ0v) is 11.2. The van der Waals surface area contributed by atoms with Gasteiger partial charge in [0.1, 0.15) is 5.75 Å². The molecule has 5 heteroatoms. The Balaban J connectivity index is 2.37. The van der Waals surface area contributed by atoms with Gasteiger partial charge in [-0.1, -0.05) is 22.0 Å². The number of aryl methyl sites for hydroxylation is 2. The average Bonchev–Trinajstić information content (AvgIpc) is 2.28. The summed E-state index contributed by atoms with van der Waals surface area (Å²) in [6.45, 7) is 3.85. The fraction of sp³-hybridized carbons (Fsp3) is 0.167. The predicted molar refractivity (Wildman–Crippen MR) is 70.1 cm³/mol. The fourth-order valence-corrected chi connectivity index (χ4v) is 1.67. The van der Waals surface area contributed by atoms with Gasteiger partial charge in [0.2, 0.25) is 11.8 Å². The average molecular weight is 294 g/mol. The number of hydrogen-bond acceptors (Lipinski definition) is 4. The van der Waals surface area contributed by atoms with Crippen LogP contribution in [0.5, 0.6) is 11.6 Å². The smallest absolute Gasteiger partial charge is 0.226 e. The van der Waals surface area contributed by atoms with Crippen molar-refractivity contribution in [2.75, 3.05) is 5.73 Å². The van der Waals surface area contributed by atoms with Gasteiger partial charge >= 0.3 is 0 Å². The zero-order chi connectivity index (χ0) is 12.4. The molecule has 0 radical (unpaired) electrons. The van der Waals surface area contributed by atoms with Gasteiger partial charge in [-0.15, -0.1) is 0 Å². The molecule has 0 amide bonds. The molecule has 4 nitrogen and oxygen atoms in total. The molecule has 1 heterocycles. The number of nitrogen functional groups attached to an aromatic ring is 1. The van der Waals surface area contributed by atoms with Crippen LogP contribution < -0.4 is 10.5 Å². The number of anilines is 1. The van der Waals surface area contributed by atoms with Crippen molar-refractivity contribution in [3.8, 4) is 11.6 Å². The SMILES string of the molecule is Cc1ccc(Br)cc1Oc1nc(N)ncc1C. The molecule has 0 fully saturated rings. The van der Waals surface area contributed by atoms with E-state index in [1.807, 2.05) is 32.0 Å². The van der Waals surface area contributed by atoms with Crippen LogP contribution in [0, 0.1) is 13.8 Å². The molecular formula is C12H12BrN3O. The Hall–Kier alpha value is -1.62. The van der Waals surface area contributed by atoms with E-state index in [1.54, 1.807) is 6.20 Å². The Labute approximate surface area is 108 Å². The highest BCUT2D eigenvalue weighted by molar-refractivity contribution is 9.10. The van der Waals surface area contributed by atoms with Crippen molar-refractivity contribution in [3.63, 3.8) is 0 Å². The first kappa shape index (κ1) is 11.9. The van der Waals surface area contributed by atoms with Gasteiger partial charge in [-0.25, -0.2) is 4.98 Å². The van der Waals surface area contributed by atoms with Crippen LogP contribution >= 0.6 is 15.9 Å². The molecule has 0 spiro atoms. The summed E-state index contributed by atoms with van der Waals surface area (Å²) in [6.07, 6.45) is 1.64. The predicted octanol–water partition coefficient (Wildman–Crippen LogP) is 3.23. The highest BCUT2D eigenvalue weighted by Gasteiger charge is 2.07. The molecule has 1 aromatic carbocycles. The number of nitrogens with two attached hydrogens (primary N) is 1. The van der Waals surface area contributed by atoms with E-state index in [4.69, 9.17) is 10.5 Å². The van der Waals surface area contributed by atoms with Gasteiger partial charge in [-0.2, -0.15) is 4.98 Å². The van der Waals surface area contributed by atoms with Crippen LogP contribution in [-0.4, -0.2) is 9.97 Å². The number of ether oxygens (including phenoxy) is 1. The third kappa shape index (κ3) is 2.74. The number of hydrogen-bond donors (Lipinski definition) is 1. The van der Waals surface area contributed by atoms with Crippen molar-refractivity contribution in [2.24, 2.45) is 0 Å². The molecule has 88 valence electrons. The quantitative estimate of drug-likeness (QED) is 0.923. The molecule has 0 atom stereocenters. The van der Waals surface area contributed by atoms with Crippen molar-refractivity contribution >= 4 is 21.9 Å². The Bertz CT molecular complexity index is 508. The Morgan fingerprint density at radius 2 is 2.00 bits per heavy atom. The summed E-state index contributed by atoms with van der Waals surface area (Å²) in [4.78, 5) is 7.97. The Morgan fingerprint density at radius 3 is 2.76 bits per heavy atom. The lowest BCUT2D eigenvalue weighted by Gasteiger charge is -2.10. The van der Waals surface area contributed by atoms with Gasteiger partial charge in [-0.3, -0.25) is 0 Å². The van der Waals surface area contributed by atoms with Crippen LogP contribution in [0.25, 0.3) is 0 Å². The minimum Gasteiger partial charge on any atom is -0.438 e. The highest BCUT2D eigenvalue weighted by Crippen LogP contribution is 2.28. The molecular weight excluding hydrogens is 282 g/mol. The fourth-order valence-electron chi connectivity index (χ4n) is 1.33. The molecule has 0 saturated carbocycles.